The average molecular weight is 420 g/mol. The Labute approximate surface area is 133 Å². The molecular formula is C14H15BrINO. The third kappa shape index (κ3) is 3.95. The molecule has 0 bridgehead atoms. The molecule has 0 fully saturated rings. The number of Topliss-reactive ketones (excluding diaryl/α,β-unsaturated/α-hetero) is 1. The predicted molar refractivity (Wildman–Crippen MR) is 88.3 cm³/mol. The van der Waals surface area contributed by atoms with Crippen LogP contribution >= 0.6 is 39.9 Å². The van der Waals surface area contributed by atoms with Crippen molar-refractivity contribution in [3.63, 3.8) is 0 Å². The largest absolute Gasteiger partial charge is 0.374 e. The van der Waals surface area contributed by atoms with E-state index in [1.165, 1.54) is 0 Å². The zero-order valence-electron chi connectivity index (χ0n) is 10.0. The number of carbonyl (C=O) groups excluding carboxylic acids is 1. The highest BCUT2D eigenvalue weighted by Crippen LogP contribution is 2.16. The summed E-state index contributed by atoms with van der Waals surface area (Å²) < 4.78 is 0.992. The molecule has 1 atom stereocenters. The van der Waals surface area contributed by atoms with Crippen molar-refractivity contribution >= 4 is 45.7 Å². The summed E-state index contributed by atoms with van der Waals surface area (Å²) in [6.45, 7) is 0. The lowest BCUT2D eigenvalue weighted by atomic mass is 10.0. The summed E-state index contributed by atoms with van der Waals surface area (Å²) in [4.78, 5) is 14.1. The van der Waals surface area contributed by atoms with Crippen LogP contribution in [0.1, 0.15) is 16.8 Å². The SMILES string of the molecule is CN1C=CC=CC1CC(=O)c1ccc(Br)cc1.I. The lowest BCUT2D eigenvalue weighted by Gasteiger charge is -2.25. The summed E-state index contributed by atoms with van der Waals surface area (Å²) in [5, 5.41) is 0. The topological polar surface area (TPSA) is 20.3 Å². The van der Waals surface area contributed by atoms with E-state index in [0.717, 1.165) is 10.0 Å². The van der Waals surface area contributed by atoms with E-state index in [2.05, 4.69) is 26.9 Å². The number of likely N-dealkylation sites (N-methyl/N-ethyl adjacent to an activating group) is 1. The Morgan fingerprint density at radius 1 is 1.28 bits per heavy atom. The molecule has 4 heteroatoms. The molecule has 96 valence electrons. The first-order chi connectivity index (χ1) is 8.16. The van der Waals surface area contributed by atoms with Crippen LogP contribution in [-0.4, -0.2) is 23.8 Å². The van der Waals surface area contributed by atoms with Gasteiger partial charge in [-0.05, 0) is 24.4 Å². The first-order valence-corrected chi connectivity index (χ1v) is 6.32. The highest BCUT2D eigenvalue weighted by molar-refractivity contribution is 14.0. The molecule has 1 unspecified atom stereocenters. The molecule has 2 rings (SSSR count). The van der Waals surface area contributed by atoms with E-state index < -0.39 is 0 Å². The molecule has 1 aromatic rings. The van der Waals surface area contributed by atoms with Crippen LogP contribution in [0.3, 0.4) is 0 Å². The van der Waals surface area contributed by atoms with Crippen LogP contribution < -0.4 is 0 Å². The summed E-state index contributed by atoms with van der Waals surface area (Å²) >= 11 is 3.36. The number of carbonyl (C=O) groups is 1. The van der Waals surface area contributed by atoms with Crippen molar-refractivity contribution in [2.24, 2.45) is 0 Å². The molecule has 0 amide bonds. The van der Waals surface area contributed by atoms with E-state index in [0.29, 0.717) is 6.42 Å². The van der Waals surface area contributed by atoms with Crippen LogP contribution in [-0.2, 0) is 0 Å². The molecule has 1 aliphatic heterocycles. The Morgan fingerprint density at radius 3 is 2.56 bits per heavy atom. The maximum atomic E-state index is 12.1. The smallest absolute Gasteiger partial charge is 0.165 e. The molecule has 0 aliphatic carbocycles. The Morgan fingerprint density at radius 2 is 1.94 bits per heavy atom. The van der Waals surface area contributed by atoms with Gasteiger partial charge in [-0.15, -0.1) is 24.0 Å². The fraction of sp³-hybridized carbons (Fsp3) is 0.214. The lowest BCUT2D eigenvalue weighted by molar-refractivity contribution is 0.0961. The number of ketones is 1. The molecule has 18 heavy (non-hydrogen) atoms. The minimum absolute atomic E-state index is 0. The van der Waals surface area contributed by atoms with Gasteiger partial charge in [0.05, 0.1) is 6.04 Å². The summed E-state index contributed by atoms with van der Waals surface area (Å²) in [5.74, 6) is 0.175. The van der Waals surface area contributed by atoms with E-state index in [1.54, 1.807) is 0 Å². The van der Waals surface area contributed by atoms with Crippen molar-refractivity contribution < 1.29 is 4.79 Å². The van der Waals surface area contributed by atoms with E-state index >= 15 is 0 Å². The molecule has 1 aromatic carbocycles. The van der Waals surface area contributed by atoms with E-state index in [9.17, 15) is 4.79 Å². The van der Waals surface area contributed by atoms with Gasteiger partial charge in [-0.25, -0.2) is 0 Å². The Balaban J connectivity index is 0.00000162. The van der Waals surface area contributed by atoms with Crippen molar-refractivity contribution in [1.82, 2.24) is 4.90 Å². The van der Waals surface area contributed by atoms with Crippen molar-refractivity contribution in [3.8, 4) is 0 Å². The van der Waals surface area contributed by atoms with Gasteiger partial charge < -0.3 is 4.90 Å². The number of nitrogens with zero attached hydrogens (tertiary/aromatic N) is 1. The fourth-order valence-electron chi connectivity index (χ4n) is 1.78. The van der Waals surface area contributed by atoms with Gasteiger partial charge in [-0.1, -0.05) is 40.2 Å². The van der Waals surface area contributed by atoms with Gasteiger partial charge in [-0.2, -0.15) is 0 Å². The van der Waals surface area contributed by atoms with Gasteiger partial charge in [0, 0.05) is 23.5 Å². The van der Waals surface area contributed by atoms with Crippen LogP contribution in [0.15, 0.2) is 53.2 Å². The van der Waals surface area contributed by atoms with Gasteiger partial charge in [0.25, 0.3) is 0 Å². The van der Waals surface area contributed by atoms with Gasteiger partial charge in [-0.3, -0.25) is 4.79 Å². The maximum Gasteiger partial charge on any atom is 0.165 e. The van der Waals surface area contributed by atoms with E-state index in [-0.39, 0.29) is 35.8 Å². The normalized spacial score (nSPS) is 17.4. The minimum Gasteiger partial charge on any atom is -0.374 e. The second-order valence-electron chi connectivity index (χ2n) is 4.09. The zero-order chi connectivity index (χ0) is 12.3. The van der Waals surface area contributed by atoms with E-state index in [1.807, 2.05) is 49.7 Å². The number of halogens is 2. The Kier molecular flexibility index (Phi) is 6.08. The third-order valence-electron chi connectivity index (χ3n) is 2.85. The van der Waals surface area contributed by atoms with Crippen LogP contribution in [0.5, 0.6) is 0 Å². The predicted octanol–water partition coefficient (Wildman–Crippen LogP) is 4.02. The second-order valence-corrected chi connectivity index (χ2v) is 5.01. The summed E-state index contributed by atoms with van der Waals surface area (Å²) in [6.07, 6.45) is 8.51. The van der Waals surface area contributed by atoms with Crippen LogP contribution in [0.25, 0.3) is 0 Å². The molecular weight excluding hydrogens is 405 g/mol. The Hall–Kier alpha value is -0.620. The highest BCUT2D eigenvalue weighted by atomic mass is 127. The summed E-state index contributed by atoms with van der Waals surface area (Å²) in [5.41, 5.74) is 0.768. The van der Waals surface area contributed by atoms with Gasteiger partial charge in [0.1, 0.15) is 0 Å². The van der Waals surface area contributed by atoms with Crippen molar-refractivity contribution in [1.29, 1.82) is 0 Å². The molecule has 0 N–H and O–H groups in total. The first kappa shape index (κ1) is 15.4. The number of benzene rings is 1. The third-order valence-corrected chi connectivity index (χ3v) is 3.38. The first-order valence-electron chi connectivity index (χ1n) is 5.52. The number of allylic oxidation sites excluding steroid dienone is 2. The number of hydrogen-bond donors (Lipinski definition) is 0. The monoisotopic (exact) mass is 419 g/mol. The van der Waals surface area contributed by atoms with Crippen LogP contribution in [0.2, 0.25) is 0 Å². The second kappa shape index (κ2) is 7.09. The summed E-state index contributed by atoms with van der Waals surface area (Å²) in [6, 6.07) is 7.67. The molecule has 0 aromatic heterocycles. The van der Waals surface area contributed by atoms with Gasteiger partial charge in [0.15, 0.2) is 5.78 Å². The summed E-state index contributed by atoms with van der Waals surface area (Å²) in [7, 11) is 1.99. The molecule has 1 aliphatic rings. The van der Waals surface area contributed by atoms with E-state index in [4.69, 9.17) is 0 Å². The Bertz CT molecular complexity index is 467. The zero-order valence-corrected chi connectivity index (χ0v) is 14.0. The quantitative estimate of drug-likeness (QED) is 0.544. The molecule has 0 saturated carbocycles. The van der Waals surface area contributed by atoms with Crippen molar-refractivity contribution in [3.05, 3.63) is 58.7 Å². The molecule has 0 spiro atoms. The molecule has 0 radical (unpaired) electrons. The highest BCUT2D eigenvalue weighted by Gasteiger charge is 2.16. The van der Waals surface area contributed by atoms with Crippen LogP contribution in [0.4, 0.5) is 0 Å². The van der Waals surface area contributed by atoms with Crippen LogP contribution in [0, 0.1) is 0 Å². The van der Waals surface area contributed by atoms with Gasteiger partial charge in [0.2, 0.25) is 0 Å². The van der Waals surface area contributed by atoms with Crippen molar-refractivity contribution in [2.45, 2.75) is 12.5 Å². The van der Waals surface area contributed by atoms with Gasteiger partial charge >= 0.3 is 0 Å². The lowest BCUT2D eigenvalue weighted by Crippen LogP contribution is -2.29. The minimum atomic E-state index is 0. The maximum absolute atomic E-state index is 12.1. The molecule has 0 saturated heterocycles. The fourth-order valence-corrected chi connectivity index (χ4v) is 2.04. The molecule has 1 heterocycles. The number of rotatable bonds is 3. The standard InChI is InChI=1S/C14H14BrNO.HI/c1-16-9-3-2-4-13(16)10-14(17)11-5-7-12(15)8-6-11;/h2-9,13H,10H2,1H3;1H. The van der Waals surface area contributed by atoms with Crippen molar-refractivity contribution in [2.75, 3.05) is 7.05 Å². The average Bonchev–Trinajstić information content (AvgIpc) is 2.33. The number of hydrogen-bond acceptors (Lipinski definition) is 2. The molecule has 2 nitrogen and oxygen atoms in total.